The van der Waals surface area contributed by atoms with Crippen LogP contribution in [0, 0.1) is 0 Å². The van der Waals surface area contributed by atoms with E-state index in [-0.39, 0.29) is 11.8 Å². The summed E-state index contributed by atoms with van der Waals surface area (Å²) in [5, 5.41) is 2.97. The fourth-order valence-electron chi connectivity index (χ4n) is 2.56. The highest BCUT2D eigenvalue weighted by atomic mass is 16.2. The van der Waals surface area contributed by atoms with Crippen LogP contribution >= 0.6 is 0 Å². The molecule has 0 saturated carbocycles. The molecule has 1 aromatic carbocycles. The first-order chi connectivity index (χ1) is 11.1. The Labute approximate surface area is 140 Å². The van der Waals surface area contributed by atoms with E-state index in [9.17, 15) is 9.59 Å². The van der Waals surface area contributed by atoms with Gasteiger partial charge in [0, 0.05) is 19.5 Å². The Bertz CT molecular complexity index is 474. The molecular formula is C19H30N2O2. The van der Waals surface area contributed by atoms with Crippen molar-refractivity contribution in [1.82, 2.24) is 10.2 Å². The molecule has 0 spiro atoms. The largest absolute Gasteiger partial charge is 0.354 e. The molecule has 4 heteroatoms. The zero-order valence-electron chi connectivity index (χ0n) is 14.7. The zero-order valence-corrected chi connectivity index (χ0v) is 14.7. The Kier molecular flexibility index (Phi) is 9.03. The molecule has 0 fully saturated rings. The first kappa shape index (κ1) is 19.2. The number of carbonyl (C=O) groups excluding carboxylic acids is 2. The van der Waals surface area contributed by atoms with E-state index < -0.39 is 6.04 Å². The molecule has 1 N–H and O–H groups in total. The predicted octanol–water partition coefficient (Wildman–Crippen LogP) is 3.51. The van der Waals surface area contributed by atoms with E-state index in [0.717, 1.165) is 24.8 Å². The number of rotatable bonds is 10. The van der Waals surface area contributed by atoms with E-state index >= 15 is 0 Å². The lowest BCUT2D eigenvalue weighted by molar-refractivity contribution is -0.141. The van der Waals surface area contributed by atoms with Crippen LogP contribution in [0.3, 0.4) is 0 Å². The van der Waals surface area contributed by atoms with Crippen molar-refractivity contribution in [2.45, 2.75) is 65.5 Å². The van der Waals surface area contributed by atoms with Gasteiger partial charge in [0.1, 0.15) is 6.04 Å². The molecule has 0 heterocycles. The van der Waals surface area contributed by atoms with Crippen LogP contribution in [0.25, 0.3) is 0 Å². The molecule has 1 rings (SSSR count). The second-order valence-corrected chi connectivity index (χ2v) is 5.83. The highest BCUT2D eigenvalue weighted by Gasteiger charge is 2.27. The van der Waals surface area contributed by atoms with Crippen molar-refractivity contribution in [3.8, 4) is 0 Å². The molecule has 0 bridgehead atoms. The first-order valence-electron chi connectivity index (χ1n) is 8.75. The summed E-state index contributed by atoms with van der Waals surface area (Å²) >= 11 is 0. The maximum atomic E-state index is 12.5. The Hall–Kier alpha value is -1.84. The normalized spacial score (nSPS) is 11.8. The van der Waals surface area contributed by atoms with Crippen LogP contribution in [0.4, 0.5) is 0 Å². The molecule has 128 valence electrons. The van der Waals surface area contributed by atoms with Crippen molar-refractivity contribution in [3.05, 3.63) is 35.9 Å². The number of unbranched alkanes of at least 4 members (excludes halogenated alkanes) is 1. The summed E-state index contributed by atoms with van der Waals surface area (Å²) in [6, 6.07) is 9.46. The van der Waals surface area contributed by atoms with Gasteiger partial charge in [0.25, 0.3) is 0 Å². The quantitative estimate of drug-likeness (QED) is 0.671. The second kappa shape index (κ2) is 10.8. The summed E-state index contributed by atoms with van der Waals surface area (Å²) in [6.45, 7) is 7.20. The van der Waals surface area contributed by atoms with Crippen molar-refractivity contribution >= 4 is 11.8 Å². The minimum Gasteiger partial charge on any atom is -0.354 e. The summed E-state index contributed by atoms with van der Waals surface area (Å²) in [5.41, 5.74) is 1.05. The van der Waals surface area contributed by atoms with Gasteiger partial charge in [-0.25, -0.2) is 0 Å². The van der Waals surface area contributed by atoms with Gasteiger partial charge in [-0.2, -0.15) is 0 Å². The van der Waals surface area contributed by atoms with Gasteiger partial charge < -0.3 is 10.2 Å². The predicted molar refractivity (Wildman–Crippen MR) is 93.9 cm³/mol. The summed E-state index contributed by atoms with van der Waals surface area (Å²) in [6.07, 6.45) is 3.90. The van der Waals surface area contributed by atoms with Gasteiger partial charge in [-0.05, 0) is 24.8 Å². The van der Waals surface area contributed by atoms with E-state index in [1.807, 2.05) is 44.2 Å². The smallest absolute Gasteiger partial charge is 0.242 e. The van der Waals surface area contributed by atoms with Gasteiger partial charge in [0.05, 0.1) is 0 Å². The Morgan fingerprint density at radius 2 is 1.78 bits per heavy atom. The molecule has 0 saturated heterocycles. The molecule has 23 heavy (non-hydrogen) atoms. The van der Waals surface area contributed by atoms with Crippen molar-refractivity contribution in [2.24, 2.45) is 0 Å². The second-order valence-electron chi connectivity index (χ2n) is 5.83. The van der Waals surface area contributed by atoms with E-state index in [1.54, 1.807) is 4.90 Å². The third-order valence-corrected chi connectivity index (χ3v) is 3.88. The van der Waals surface area contributed by atoms with E-state index in [4.69, 9.17) is 0 Å². The van der Waals surface area contributed by atoms with Gasteiger partial charge in [0.15, 0.2) is 0 Å². The van der Waals surface area contributed by atoms with Crippen molar-refractivity contribution < 1.29 is 9.59 Å². The van der Waals surface area contributed by atoms with Crippen molar-refractivity contribution in [2.75, 3.05) is 6.54 Å². The number of nitrogens with zero attached hydrogens (tertiary/aromatic N) is 1. The third-order valence-electron chi connectivity index (χ3n) is 3.88. The van der Waals surface area contributed by atoms with Crippen LogP contribution in [-0.4, -0.2) is 29.3 Å². The first-order valence-corrected chi connectivity index (χ1v) is 8.75. The lowest BCUT2D eigenvalue weighted by Gasteiger charge is -2.30. The monoisotopic (exact) mass is 318 g/mol. The van der Waals surface area contributed by atoms with Crippen LogP contribution in [-0.2, 0) is 16.1 Å². The molecule has 0 aliphatic heterocycles. The third kappa shape index (κ3) is 6.43. The molecule has 0 aromatic heterocycles. The minimum atomic E-state index is -0.397. The molecule has 4 nitrogen and oxygen atoms in total. The van der Waals surface area contributed by atoms with Crippen LogP contribution < -0.4 is 5.32 Å². The number of amides is 2. The van der Waals surface area contributed by atoms with E-state index in [2.05, 4.69) is 12.2 Å². The topological polar surface area (TPSA) is 49.4 Å². The highest BCUT2D eigenvalue weighted by molar-refractivity contribution is 5.87. The standard InChI is InChI=1S/C19H30N2O2/c1-4-7-14-20-19(23)17(6-3)21(18(22)11-5-2)15-16-12-9-8-10-13-16/h8-10,12-13,17H,4-7,11,14-15H2,1-3H3,(H,20,23). The summed E-state index contributed by atoms with van der Waals surface area (Å²) in [4.78, 5) is 26.7. The number of benzene rings is 1. The number of hydrogen-bond acceptors (Lipinski definition) is 2. The van der Waals surface area contributed by atoms with Gasteiger partial charge in [0.2, 0.25) is 11.8 Å². The van der Waals surface area contributed by atoms with Gasteiger partial charge in [-0.3, -0.25) is 9.59 Å². The highest BCUT2D eigenvalue weighted by Crippen LogP contribution is 2.14. The Balaban J connectivity index is 2.86. The van der Waals surface area contributed by atoms with Crippen molar-refractivity contribution in [1.29, 1.82) is 0 Å². The SMILES string of the molecule is CCCCNC(=O)C(CC)N(Cc1ccccc1)C(=O)CCC. The molecule has 2 amide bonds. The van der Waals surface area contributed by atoms with Crippen LogP contribution in [0.1, 0.15) is 58.4 Å². The molecule has 0 aliphatic carbocycles. The van der Waals surface area contributed by atoms with Crippen molar-refractivity contribution in [3.63, 3.8) is 0 Å². The molecular weight excluding hydrogens is 288 g/mol. The summed E-state index contributed by atoms with van der Waals surface area (Å²) in [7, 11) is 0. The van der Waals surface area contributed by atoms with Gasteiger partial charge in [-0.1, -0.05) is 57.5 Å². The Morgan fingerprint density at radius 3 is 2.35 bits per heavy atom. The molecule has 1 unspecified atom stereocenters. The van der Waals surface area contributed by atoms with Gasteiger partial charge >= 0.3 is 0 Å². The average Bonchev–Trinajstić information content (AvgIpc) is 2.56. The van der Waals surface area contributed by atoms with E-state index in [0.29, 0.717) is 25.9 Å². The van der Waals surface area contributed by atoms with Crippen LogP contribution in [0.15, 0.2) is 30.3 Å². The summed E-state index contributed by atoms with van der Waals surface area (Å²) in [5.74, 6) is 0.00942. The fraction of sp³-hybridized carbons (Fsp3) is 0.579. The Morgan fingerprint density at radius 1 is 1.09 bits per heavy atom. The molecule has 1 aromatic rings. The maximum absolute atomic E-state index is 12.5. The lowest BCUT2D eigenvalue weighted by atomic mass is 10.1. The molecule has 0 aliphatic rings. The average molecular weight is 318 g/mol. The van der Waals surface area contributed by atoms with E-state index in [1.165, 1.54) is 0 Å². The van der Waals surface area contributed by atoms with Gasteiger partial charge in [-0.15, -0.1) is 0 Å². The summed E-state index contributed by atoms with van der Waals surface area (Å²) < 4.78 is 0. The maximum Gasteiger partial charge on any atom is 0.242 e. The number of nitrogens with one attached hydrogen (secondary N) is 1. The van der Waals surface area contributed by atoms with Crippen LogP contribution in [0.2, 0.25) is 0 Å². The molecule has 1 atom stereocenters. The number of hydrogen-bond donors (Lipinski definition) is 1. The lowest BCUT2D eigenvalue weighted by Crippen LogP contribution is -2.49. The number of carbonyl (C=O) groups is 2. The fourth-order valence-corrected chi connectivity index (χ4v) is 2.56. The van der Waals surface area contributed by atoms with Crippen LogP contribution in [0.5, 0.6) is 0 Å². The molecule has 0 radical (unpaired) electrons. The minimum absolute atomic E-state index is 0.0404. The zero-order chi connectivity index (χ0) is 17.1.